The van der Waals surface area contributed by atoms with Crippen molar-refractivity contribution in [2.75, 3.05) is 0 Å². The molecule has 1 atom stereocenters. The molecule has 1 unspecified atom stereocenters. The monoisotopic (exact) mass is 267 g/mol. The lowest BCUT2D eigenvalue weighted by atomic mass is 9.93. The van der Waals surface area contributed by atoms with Crippen molar-refractivity contribution in [3.8, 4) is 0 Å². The van der Waals surface area contributed by atoms with Gasteiger partial charge in [0.1, 0.15) is 0 Å². The molecule has 0 aliphatic rings. The fourth-order valence-electron chi connectivity index (χ4n) is 2.76. The second-order valence-electron chi connectivity index (χ2n) is 6.16. The zero-order valence-corrected chi connectivity index (χ0v) is 14.1. The van der Waals surface area contributed by atoms with E-state index in [0.29, 0.717) is 0 Å². The van der Waals surface area contributed by atoms with Crippen molar-refractivity contribution in [2.24, 2.45) is 5.92 Å². The van der Waals surface area contributed by atoms with Gasteiger partial charge in [-0.25, -0.2) is 0 Å². The molecule has 0 fully saturated rings. The molecule has 0 saturated carbocycles. The fraction of sp³-hybridized carbons (Fsp3) is 0.947. The van der Waals surface area contributed by atoms with Gasteiger partial charge in [0.15, 0.2) is 0 Å². The second-order valence-corrected chi connectivity index (χ2v) is 6.16. The molecule has 0 aliphatic carbocycles. The molecule has 0 spiro atoms. The van der Waals surface area contributed by atoms with Crippen molar-refractivity contribution in [1.82, 2.24) is 0 Å². The summed E-state index contributed by atoms with van der Waals surface area (Å²) in [5.74, 6) is 0.897. The molecule has 0 saturated heterocycles. The number of hydrogen-bond donors (Lipinski definition) is 0. The zero-order valence-electron chi connectivity index (χ0n) is 14.1. The van der Waals surface area contributed by atoms with Crippen molar-refractivity contribution < 1.29 is 0 Å². The predicted octanol–water partition coefficient (Wildman–Crippen LogP) is 7.33. The smallest absolute Gasteiger partial charge is 0.0355 e. The second kappa shape index (κ2) is 16.1. The van der Waals surface area contributed by atoms with Crippen molar-refractivity contribution in [1.29, 1.82) is 0 Å². The van der Waals surface area contributed by atoms with Gasteiger partial charge in [-0.2, -0.15) is 0 Å². The maximum atomic E-state index is 2.61. The van der Waals surface area contributed by atoms with Gasteiger partial charge in [0.2, 0.25) is 0 Å². The van der Waals surface area contributed by atoms with Gasteiger partial charge in [0, 0.05) is 0 Å². The Labute approximate surface area is 123 Å². The Balaban J connectivity index is 3.16. The van der Waals surface area contributed by atoms with Gasteiger partial charge in [0.25, 0.3) is 0 Å². The molecular weight excluding hydrogens is 228 g/mol. The van der Waals surface area contributed by atoms with Crippen molar-refractivity contribution in [3.05, 3.63) is 6.42 Å². The molecular formula is C19H39. The van der Waals surface area contributed by atoms with E-state index in [1.807, 2.05) is 0 Å². The standard InChI is InChI=1S/C19H39/c1-4-7-9-10-11-12-13-14-15-16-18-19(6-3)17-8-5-2/h18-19H,4-17H2,1-3H3. The van der Waals surface area contributed by atoms with E-state index >= 15 is 0 Å². The lowest BCUT2D eigenvalue weighted by Gasteiger charge is -2.13. The number of rotatable bonds is 15. The van der Waals surface area contributed by atoms with Gasteiger partial charge in [-0.1, -0.05) is 104 Å². The van der Waals surface area contributed by atoms with Crippen LogP contribution in [0.1, 0.15) is 111 Å². The molecule has 0 rings (SSSR count). The molecule has 115 valence electrons. The summed E-state index contributed by atoms with van der Waals surface area (Å²) < 4.78 is 0. The topological polar surface area (TPSA) is 0 Å². The minimum atomic E-state index is 0.897. The summed E-state index contributed by atoms with van der Waals surface area (Å²) in [6.45, 7) is 6.93. The third-order valence-corrected chi connectivity index (χ3v) is 4.26. The first-order valence-corrected chi connectivity index (χ1v) is 9.18. The lowest BCUT2D eigenvalue weighted by Crippen LogP contribution is -1.99. The Bertz CT molecular complexity index is 150. The summed E-state index contributed by atoms with van der Waals surface area (Å²) in [5, 5.41) is 0. The fourth-order valence-corrected chi connectivity index (χ4v) is 2.76. The van der Waals surface area contributed by atoms with Gasteiger partial charge in [-0.15, -0.1) is 0 Å². The van der Waals surface area contributed by atoms with E-state index in [0.717, 1.165) is 5.92 Å². The average molecular weight is 268 g/mol. The van der Waals surface area contributed by atoms with Crippen LogP contribution >= 0.6 is 0 Å². The Morgan fingerprint density at radius 3 is 1.68 bits per heavy atom. The summed E-state index contributed by atoms with van der Waals surface area (Å²) in [5.41, 5.74) is 0. The Kier molecular flexibility index (Phi) is 16.1. The molecule has 0 amide bonds. The maximum absolute atomic E-state index is 2.61. The van der Waals surface area contributed by atoms with Gasteiger partial charge in [-0.3, -0.25) is 0 Å². The Hall–Kier alpha value is 0. The third-order valence-electron chi connectivity index (χ3n) is 4.26. The van der Waals surface area contributed by atoms with E-state index in [4.69, 9.17) is 0 Å². The highest BCUT2D eigenvalue weighted by molar-refractivity contribution is 4.75. The van der Waals surface area contributed by atoms with E-state index in [9.17, 15) is 0 Å². The highest BCUT2D eigenvalue weighted by Gasteiger charge is 2.05. The van der Waals surface area contributed by atoms with Crippen LogP contribution in [-0.2, 0) is 0 Å². The first kappa shape index (κ1) is 19.0. The molecule has 0 aromatic rings. The van der Waals surface area contributed by atoms with Crippen LogP contribution in [0.25, 0.3) is 0 Å². The van der Waals surface area contributed by atoms with Crippen LogP contribution in [0.3, 0.4) is 0 Å². The van der Waals surface area contributed by atoms with Gasteiger partial charge in [-0.05, 0) is 18.8 Å². The van der Waals surface area contributed by atoms with Crippen LogP contribution < -0.4 is 0 Å². The van der Waals surface area contributed by atoms with Crippen molar-refractivity contribution in [2.45, 2.75) is 111 Å². The van der Waals surface area contributed by atoms with Crippen molar-refractivity contribution in [3.63, 3.8) is 0 Å². The normalized spacial score (nSPS) is 12.8. The largest absolute Gasteiger partial charge is 0.0654 e. The minimum Gasteiger partial charge on any atom is -0.0654 e. The van der Waals surface area contributed by atoms with Gasteiger partial charge < -0.3 is 0 Å². The van der Waals surface area contributed by atoms with E-state index < -0.39 is 0 Å². The lowest BCUT2D eigenvalue weighted by molar-refractivity contribution is 0.482. The third kappa shape index (κ3) is 14.2. The Morgan fingerprint density at radius 1 is 0.632 bits per heavy atom. The van der Waals surface area contributed by atoms with E-state index in [1.165, 1.54) is 89.9 Å². The molecule has 0 heterocycles. The molecule has 0 aromatic carbocycles. The summed E-state index contributed by atoms with van der Waals surface area (Å²) in [6.07, 6.45) is 22.5. The molecule has 0 heteroatoms. The van der Waals surface area contributed by atoms with Gasteiger partial charge >= 0.3 is 0 Å². The molecule has 19 heavy (non-hydrogen) atoms. The molecule has 0 nitrogen and oxygen atoms in total. The number of hydrogen-bond acceptors (Lipinski definition) is 0. The molecule has 0 aliphatic heterocycles. The van der Waals surface area contributed by atoms with E-state index in [1.54, 1.807) is 0 Å². The summed E-state index contributed by atoms with van der Waals surface area (Å²) >= 11 is 0. The summed E-state index contributed by atoms with van der Waals surface area (Å²) in [6, 6.07) is 0. The Morgan fingerprint density at radius 2 is 1.16 bits per heavy atom. The van der Waals surface area contributed by atoms with Crippen molar-refractivity contribution >= 4 is 0 Å². The summed E-state index contributed by atoms with van der Waals surface area (Å²) in [4.78, 5) is 0. The molecule has 0 bridgehead atoms. The zero-order chi connectivity index (χ0) is 14.2. The predicted molar refractivity (Wildman–Crippen MR) is 89.5 cm³/mol. The van der Waals surface area contributed by atoms with E-state index in [2.05, 4.69) is 27.2 Å². The minimum absolute atomic E-state index is 0.897. The first-order valence-electron chi connectivity index (χ1n) is 9.18. The van der Waals surface area contributed by atoms with E-state index in [-0.39, 0.29) is 0 Å². The molecule has 0 aromatic heterocycles. The maximum Gasteiger partial charge on any atom is -0.0355 e. The van der Waals surface area contributed by atoms with Gasteiger partial charge in [0.05, 0.1) is 0 Å². The highest BCUT2D eigenvalue weighted by Crippen LogP contribution is 2.19. The molecule has 0 N–H and O–H groups in total. The summed E-state index contributed by atoms with van der Waals surface area (Å²) in [7, 11) is 0. The van der Waals surface area contributed by atoms with Crippen LogP contribution in [0.15, 0.2) is 0 Å². The quantitative estimate of drug-likeness (QED) is 0.272. The van der Waals surface area contributed by atoms with Crippen LogP contribution in [0.5, 0.6) is 0 Å². The highest BCUT2D eigenvalue weighted by atomic mass is 14.1. The number of unbranched alkanes of at least 4 members (excludes halogenated alkanes) is 10. The van der Waals surface area contributed by atoms with Crippen LogP contribution in [-0.4, -0.2) is 0 Å². The first-order chi connectivity index (χ1) is 9.35. The van der Waals surface area contributed by atoms with Crippen LogP contribution in [0, 0.1) is 12.3 Å². The molecule has 1 radical (unpaired) electrons. The van der Waals surface area contributed by atoms with Crippen LogP contribution in [0.2, 0.25) is 0 Å². The van der Waals surface area contributed by atoms with Crippen LogP contribution in [0.4, 0.5) is 0 Å². The SMILES string of the molecule is CCCCCCCCCCC[CH]C(CC)CCCC. The average Bonchev–Trinajstić information content (AvgIpc) is 2.44.